The van der Waals surface area contributed by atoms with Crippen molar-refractivity contribution in [2.75, 3.05) is 6.61 Å². The Balaban J connectivity index is 1.85. The van der Waals surface area contributed by atoms with Gasteiger partial charge in [-0.3, -0.25) is 4.79 Å². The van der Waals surface area contributed by atoms with Crippen LogP contribution in [0.3, 0.4) is 0 Å². The van der Waals surface area contributed by atoms with Gasteiger partial charge in [0.15, 0.2) is 6.61 Å². The molecule has 26 heavy (non-hydrogen) atoms. The molecular weight excluding hydrogens is 377 g/mol. The first-order valence-corrected chi connectivity index (χ1v) is 8.78. The number of halogens is 2. The summed E-state index contributed by atoms with van der Waals surface area (Å²) >= 11 is 12.0. The molecule has 0 heterocycles. The molecule has 2 N–H and O–H groups in total. The number of nitrogens with one attached hydrogen (secondary N) is 1. The van der Waals surface area contributed by atoms with Gasteiger partial charge in [0.05, 0.1) is 6.04 Å². The Morgan fingerprint density at radius 1 is 1.15 bits per heavy atom. The number of carboxylic acids is 1. The molecule has 2 rings (SSSR count). The number of rotatable bonds is 8. The molecule has 0 spiro atoms. The molecule has 0 radical (unpaired) electrons. The SMILES string of the molecule is CC(NC(=O)CCc1ccc(Cl)cc1Cl)c1ccc(OCC(=O)O)cc1. The lowest BCUT2D eigenvalue weighted by Crippen LogP contribution is -2.26. The Kier molecular flexibility index (Phi) is 7.30. The third-order valence-electron chi connectivity index (χ3n) is 3.76. The number of carboxylic acid groups (broad SMARTS) is 1. The van der Waals surface area contributed by atoms with Crippen LogP contribution in [-0.2, 0) is 16.0 Å². The minimum atomic E-state index is -1.03. The highest BCUT2D eigenvalue weighted by molar-refractivity contribution is 6.35. The van der Waals surface area contributed by atoms with Crippen molar-refractivity contribution in [3.8, 4) is 5.75 Å². The first-order valence-electron chi connectivity index (χ1n) is 8.03. The summed E-state index contributed by atoms with van der Waals surface area (Å²) in [6.45, 7) is 1.49. The van der Waals surface area contributed by atoms with E-state index in [-0.39, 0.29) is 18.6 Å². The summed E-state index contributed by atoms with van der Waals surface area (Å²) in [5.74, 6) is -0.655. The van der Waals surface area contributed by atoms with Crippen LogP contribution in [0, 0.1) is 0 Å². The van der Waals surface area contributed by atoms with Gasteiger partial charge in [0.1, 0.15) is 5.75 Å². The van der Waals surface area contributed by atoms with Crippen LogP contribution in [0.15, 0.2) is 42.5 Å². The van der Waals surface area contributed by atoms with E-state index in [1.807, 2.05) is 13.0 Å². The maximum absolute atomic E-state index is 12.2. The number of amides is 1. The molecule has 2 aromatic rings. The Labute approximate surface area is 161 Å². The minimum Gasteiger partial charge on any atom is -0.482 e. The molecule has 0 aliphatic heterocycles. The van der Waals surface area contributed by atoms with Crippen LogP contribution in [0.25, 0.3) is 0 Å². The van der Waals surface area contributed by atoms with Crippen LogP contribution >= 0.6 is 23.2 Å². The topological polar surface area (TPSA) is 75.6 Å². The third kappa shape index (κ3) is 6.24. The maximum atomic E-state index is 12.2. The Hall–Kier alpha value is -2.24. The van der Waals surface area contributed by atoms with Crippen LogP contribution in [0.1, 0.15) is 30.5 Å². The number of benzene rings is 2. The summed E-state index contributed by atoms with van der Waals surface area (Å²) in [6, 6.07) is 12.0. The van der Waals surface area contributed by atoms with Crippen LogP contribution in [-0.4, -0.2) is 23.6 Å². The van der Waals surface area contributed by atoms with Gasteiger partial charge in [-0.1, -0.05) is 41.4 Å². The molecule has 1 amide bonds. The number of hydrogen-bond donors (Lipinski definition) is 2. The summed E-state index contributed by atoms with van der Waals surface area (Å²) in [5, 5.41) is 12.6. The van der Waals surface area contributed by atoms with E-state index in [4.69, 9.17) is 33.0 Å². The average molecular weight is 396 g/mol. The van der Waals surface area contributed by atoms with Gasteiger partial charge in [-0.15, -0.1) is 0 Å². The molecule has 0 aliphatic rings. The second-order valence-electron chi connectivity index (χ2n) is 5.78. The molecule has 0 aliphatic carbocycles. The van der Waals surface area contributed by atoms with Crippen molar-refractivity contribution in [1.29, 1.82) is 0 Å². The van der Waals surface area contributed by atoms with E-state index in [1.165, 1.54) is 0 Å². The molecule has 1 atom stereocenters. The fourth-order valence-corrected chi connectivity index (χ4v) is 2.87. The molecule has 0 fully saturated rings. The van der Waals surface area contributed by atoms with Crippen molar-refractivity contribution >= 4 is 35.1 Å². The summed E-state index contributed by atoms with van der Waals surface area (Å²) in [7, 11) is 0. The van der Waals surface area contributed by atoms with Crippen molar-refractivity contribution in [3.63, 3.8) is 0 Å². The van der Waals surface area contributed by atoms with Gasteiger partial charge in [0, 0.05) is 16.5 Å². The standard InChI is InChI=1S/C19H19Cl2NO4/c1-12(13-3-7-16(8-4-13)26-11-19(24)25)22-18(23)9-5-14-2-6-15(20)10-17(14)21/h2-4,6-8,10,12H,5,9,11H2,1H3,(H,22,23)(H,24,25). The highest BCUT2D eigenvalue weighted by Gasteiger charge is 2.11. The van der Waals surface area contributed by atoms with E-state index in [9.17, 15) is 9.59 Å². The number of aliphatic carboxylic acids is 1. The molecule has 0 saturated heterocycles. The van der Waals surface area contributed by atoms with Crippen molar-refractivity contribution in [1.82, 2.24) is 5.32 Å². The van der Waals surface area contributed by atoms with E-state index in [0.717, 1.165) is 11.1 Å². The molecule has 5 nitrogen and oxygen atoms in total. The smallest absolute Gasteiger partial charge is 0.341 e. The molecule has 0 aromatic heterocycles. The van der Waals surface area contributed by atoms with E-state index >= 15 is 0 Å². The monoisotopic (exact) mass is 395 g/mol. The third-order valence-corrected chi connectivity index (χ3v) is 4.34. The van der Waals surface area contributed by atoms with Crippen molar-refractivity contribution < 1.29 is 19.4 Å². The van der Waals surface area contributed by atoms with Gasteiger partial charge in [0.25, 0.3) is 0 Å². The van der Waals surface area contributed by atoms with Gasteiger partial charge in [-0.25, -0.2) is 4.79 Å². The van der Waals surface area contributed by atoms with Crippen molar-refractivity contribution in [2.45, 2.75) is 25.8 Å². The van der Waals surface area contributed by atoms with Crippen LogP contribution in [0.2, 0.25) is 10.0 Å². The Morgan fingerprint density at radius 2 is 1.85 bits per heavy atom. The van der Waals surface area contributed by atoms with E-state index in [0.29, 0.717) is 28.6 Å². The summed E-state index contributed by atoms with van der Waals surface area (Å²) in [5.41, 5.74) is 1.77. The zero-order valence-corrected chi connectivity index (χ0v) is 15.7. The highest BCUT2D eigenvalue weighted by Crippen LogP contribution is 2.22. The number of carbonyl (C=O) groups is 2. The highest BCUT2D eigenvalue weighted by atomic mass is 35.5. The normalized spacial score (nSPS) is 11.7. The quantitative estimate of drug-likeness (QED) is 0.699. The molecule has 7 heteroatoms. The lowest BCUT2D eigenvalue weighted by atomic mass is 10.1. The number of carbonyl (C=O) groups excluding carboxylic acids is 1. The maximum Gasteiger partial charge on any atom is 0.341 e. The van der Waals surface area contributed by atoms with Crippen LogP contribution < -0.4 is 10.1 Å². The first kappa shape index (κ1) is 20.1. The van der Waals surface area contributed by atoms with Gasteiger partial charge >= 0.3 is 5.97 Å². The average Bonchev–Trinajstić information content (AvgIpc) is 2.59. The summed E-state index contributed by atoms with van der Waals surface area (Å²) in [6.07, 6.45) is 0.835. The van der Waals surface area contributed by atoms with E-state index < -0.39 is 5.97 Å². The zero-order valence-electron chi connectivity index (χ0n) is 14.2. The molecule has 1 unspecified atom stereocenters. The second-order valence-corrected chi connectivity index (χ2v) is 6.62. The van der Waals surface area contributed by atoms with Gasteiger partial charge in [0.2, 0.25) is 5.91 Å². The lowest BCUT2D eigenvalue weighted by molar-refractivity contribution is -0.139. The minimum absolute atomic E-state index is 0.0882. The van der Waals surface area contributed by atoms with E-state index in [2.05, 4.69) is 5.32 Å². The van der Waals surface area contributed by atoms with Gasteiger partial charge in [-0.05, 0) is 48.7 Å². The number of hydrogen-bond acceptors (Lipinski definition) is 3. The molecule has 0 saturated carbocycles. The largest absolute Gasteiger partial charge is 0.482 e. The number of aryl methyl sites for hydroxylation is 1. The van der Waals surface area contributed by atoms with Crippen LogP contribution in [0.4, 0.5) is 0 Å². The van der Waals surface area contributed by atoms with E-state index in [1.54, 1.807) is 36.4 Å². The van der Waals surface area contributed by atoms with Gasteiger partial charge in [-0.2, -0.15) is 0 Å². The second kappa shape index (κ2) is 9.46. The fraction of sp³-hybridized carbons (Fsp3) is 0.263. The fourth-order valence-electron chi connectivity index (χ4n) is 2.37. The number of ether oxygens (including phenoxy) is 1. The Bertz CT molecular complexity index is 778. The van der Waals surface area contributed by atoms with Crippen molar-refractivity contribution in [2.24, 2.45) is 0 Å². The van der Waals surface area contributed by atoms with Crippen LogP contribution in [0.5, 0.6) is 5.75 Å². The molecule has 0 bridgehead atoms. The zero-order chi connectivity index (χ0) is 19.1. The Morgan fingerprint density at radius 3 is 2.46 bits per heavy atom. The first-order chi connectivity index (χ1) is 12.3. The summed E-state index contributed by atoms with van der Waals surface area (Å²) in [4.78, 5) is 22.6. The predicted octanol–water partition coefficient (Wildman–Crippen LogP) is 4.27. The molecule has 2 aromatic carbocycles. The molecular formula is C19H19Cl2NO4. The lowest BCUT2D eigenvalue weighted by Gasteiger charge is -2.15. The van der Waals surface area contributed by atoms with Crippen molar-refractivity contribution in [3.05, 3.63) is 63.6 Å². The molecule has 138 valence electrons. The van der Waals surface area contributed by atoms with Gasteiger partial charge < -0.3 is 15.2 Å². The predicted molar refractivity (Wildman–Crippen MR) is 101 cm³/mol. The summed E-state index contributed by atoms with van der Waals surface area (Å²) < 4.78 is 5.08.